The number of halogens is 1. The van der Waals surface area contributed by atoms with E-state index in [-0.39, 0.29) is 0 Å². The Morgan fingerprint density at radius 1 is 1.19 bits per heavy atom. The largest absolute Gasteiger partial charge is 0.314 e. The van der Waals surface area contributed by atoms with Crippen molar-refractivity contribution in [1.82, 2.24) is 15.1 Å². The van der Waals surface area contributed by atoms with Crippen LogP contribution in [0.5, 0.6) is 0 Å². The van der Waals surface area contributed by atoms with Crippen LogP contribution in [-0.4, -0.2) is 22.4 Å². The fourth-order valence-corrected chi connectivity index (χ4v) is 2.95. The van der Waals surface area contributed by atoms with Crippen LogP contribution in [0.2, 0.25) is 5.02 Å². The van der Waals surface area contributed by atoms with Gasteiger partial charge in [0.25, 0.3) is 0 Å². The van der Waals surface area contributed by atoms with Crippen molar-refractivity contribution in [3.05, 3.63) is 16.4 Å². The van der Waals surface area contributed by atoms with Crippen LogP contribution in [0.25, 0.3) is 0 Å². The molecule has 1 rings (SSSR count). The minimum atomic E-state index is 0.497. The zero-order valence-corrected chi connectivity index (χ0v) is 15.1. The van der Waals surface area contributed by atoms with Gasteiger partial charge in [0.1, 0.15) is 0 Å². The van der Waals surface area contributed by atoms with Crippen molar-refractivity contribution in [2.45, 2.75) is 79.3 Å². The highest BCUT2D eigenvalue weighted by molar-refractivity contribution is 6.31. The van der Waals surface area contributed by atoms with Crippen LogP contribution >= 0.6 is 11.6 Å². The zero-order chi connectivity index (χ0) is 15.8. The molecule has 0 amide bonds. The maximum absolute atomic E-state index is 6.54. The summed E-state index contributed by atoms with van der Waals surface area (Å²) in [5.41, 5.74) is 2.24. The molecule has 21 heavy (non-hydrogen) atoms. The molecule has 0 spiro atoms. The molecule has 1 N–H and O–H groups in total. The van der Waals surface area contributed by atoms with Crippen molar-refractivity contribution >= 4 is 11.6 Å². The Hall–Kier alpha value is -0.540. The van der Waals surface area contributed by atoms with Gasteiger partial charge in [0, 0.05) is 19.0 Å². The normalized spacial score (nSPS) is 13.1. The molecule has 0 radical (unpaired) electrons. The second kappa shape index (κ2) is 9.47. The number of hydrogen-bond donors (Lipinski definition) is 1. The van der Waals surface area contributed by atoms with E-state index in [0.717, 1.165) is 42.6 Å². The molecular weight excluding hydrogens is 282 g/mol. The fourth-order valence-electron chi connectivity index (χ4n) is 2.60. The number of nitrogens with one attached hydrogen (secondary N) is 1. The minimum absolute atomic E-state index is 0.497. The second-order valence-electron chi connectivity index (χ2n) is 6.20. The van der Waals surface area contributed by atoms with E-state index in [0.29, 0.717) is 6.04 Å². The van der Waals surface area contributed by atoms with Crippen molar-refractivity contribution in [3.63, 3.8) is 0 Å². The molecule has 0 aliphatic rings. The van der Waals surface area contributed by atoms with Gasteiger partial charge in [-0.05, 0) is 45.1 Å². The van der Waals surface area contributed by atoms with E-state index in [1.165, 1.54) is 25.0 Å². The Kier molecular flexibility index (Phi) is 8.35. The second-order valence-corrected chi connectivity index (χ2v) is 6.58. The lowest BCUT2D eigenvalue weighted by Gasteiger charge is -2.20. The Morgan fingerprint density at radius 2 is 1.90 bits per heavy atom. The SMILES string of the molecule is CCCNC(CCC(C)C)Cc1c(Cl)c(CC)nn1CC. The van der Waals surface area contributed by atoms with Crippen molar-refractivity contribution in [2.75, 3.05) is 6.54 Å². The van der Waals surface area contributed by atoms with Gasteiger partial charge in [0.2, 0.25) is 0 Å². The van der Waals surface area contributed by atoms with Gasteiger partial charge in [-0.3, -0.25) is 4.68 Å². The van der Waals surface area contributed by atoms with Gasteiger partial charge in [-0.1, -0.05) is 39.3 Å². The van der Waals surface area contributed by atoms with E-state index in [1.54, 1.807) is 0 Å². The number of nitrogens with zero attached hydrogens (tertiary/aromatic N) is 2. The first kappa shape index (κ1) is 18.5. The minimum Gasteiger partial charge on any atom is -0.314 e. The smallest absolute Gasteiger partial charge is 0.0850 e. The number of aromatic nitrogens is 2. The first-order valence-corrected chi connectivity index (χ1v) is 8.88. The maximum atomic E-state index is 6.54. The summed E-state index contributed by atoms with van der Waals surface area (Å²) >= 11 is 6.54. The molecule has 1 aromatic heterocycles. The molecule has 0 saturated heterocycles. The third-order valence-electron chi connectivity index (χ3n) is 3.91. The highest BCUT2D eigenvalue weighted by atomic mass is 35.5. The van der Waals surface area contributed by atoms with Gasteiger partial charge in [-0.15, -0.1) is 0 Å². The molecule has 1 unspecified atom stereocenters. The van der Waals surface area contributed by atoms with E-state index in [2.05, 4.69) is 49.7 Å². The summed E-state index contributed by atoms with van der Waals surface area (Å²) in [5, 5.41) is 9.19. The predicted molar refractivity (Wildman–Crippen MR) is 92.1 cm³/mol. The molecule has 0 fully saturated rings. The molecule has 4 heteroatoms. The Labute approximate surface area is 135 Å². The zero-order valence-electron chi connectivity index (χ0n) is 14.4. The number of hydrogen-bond acceptors (Lipinski definition) is 2. The molecule has 3 nitrogen and oxygen atoms in total. The van der Waals surface area contributed by atoms with Crippen LogP contribution in [0.15, 0.2) is 0 Å². The topological polar surface area (TPSA) is 29.9 Å². The standard InChI is InChI=1S/C17H32ClN3/c1-6-11-19-14(10-9-13(4)5)12-16-17(18)15(7-2)20-21(16)8-3/h13-14,19H,6-12H2,1-5H3. The van der Waals surface area contributed by atoms with Crippen LogP contribution in [0, 0.1) is 5.92 Å². The van der Waals surface area contributed by atoms with Crippen LogP contribution in [0.3, 0.4) is 0 Å². The maximum Gasteiger partial charge on any atom is 0.0850 e. The molecule has 1 aromatic rings. The molecule has 0 aliphatic heterocycles. The van der Waals surface area contributed by atoms with Crippen LogP contribution < -0.4 is 5.32 Å². The van der Waals surface area contributed by atoms with E-state index in [4.69, 9.17) is 11.6 Å². The molecule has 1 heterocycles. The monoisotopic (exact) mass is 313 g/mol. The fraction of sp³-hybridized carbons (Fsp3) is 0.824. The van der Waals surface area contributed by atoms with Crippen LogP contribution in [0.1, 0.15) is 65.3 Å². The molecule has 0 saturated carbocycles. The first-order valence-electron chi connectivity index (χ1n) is 8.50. The highest BCUT2D eigenvalue weighted by Crippen LogP contribution is 2.24. The summed E-state index contributed by atoms with van der Waals surface area (Å²) in [6.07, 6.45) is 5.49. The van der Waals surface area contributed by atoms with Gasteiger partial charge in [-0.2, -0.15) is 5.10 Å². The lowest BCUT2D eigenvalue weighted by molar-refractivity contribution is 0.418. The molecule has 122 valence electrons. The number of rotatable bonds is 10. The van der Waals surface area contributed by atoms with Crippen molar-refractivity contribution in [2.24, 2.45) is 5.92 Å². The third-order valence-corrected chi connectivity index (χ3v) is 4.35. The van der Waals surface area contributed by atoms with Gasteiger partial charge >= 0.3 is 0 Å². The summed E-state index contributed by atoms with van der Waals surface area (Å²) in [5.74, 6) is 0.744. The third kappa shape index (κ3) is 5.63. The van der Waals surface area contributed by atoms with Crippen molar-refractivity contribution in [3.8, 4) is 0 Å². The molecule has 0 bridgehead atoms. The average molecular weight is 314 g/mol. The highest BCUT2D eigenvalue weighted by Gasteiger charge is 2.18. The number of aryl methyl sites for hydroxylation is 2. The Bertz CT molecular complexity index is 412. The van der Waals surface area contributed by atoms with E-state index in [1.807, 2.05) is 0 Å². The van der Waals surface area contributed by atoms with E-state index >= 15 is 0 Å². The van der Waals surface area contributed by atoms with Gasteiger partial charge < -0.3 is 5.32 Å². The van der Waals surface area contributed by atoms with Crippen molar-refractivity contribution in [1.29, 1.82) is 0 Å². The van der Waals surface area contributed by atoms with Crippen LogP contribution in [-0.2, 0) is 19.4 Å². The Balaban J connectivity index is 2.83. The molecule has 1 atom stereocenters. The van der Waals surface area contributed by atoms with E-state index < -0.39 is 0 Å². The van der Waals surface area contributed by atoms with Crippen molar-refractivity contribution < 1.29 is 0 Å². The molecule has 0 aliphatic carbocycles. The summed E-state index contributed by atoms with van der Waals surface area (Å²) in [6, 6.07) is 0.497. The van der Waals surface area contributed by atoms with Crippen LogP contribution in [0.4, 0.5) is 0 Å². The average Bonchev–Trinajstić information content (AvgIpc) is 2.77. The molecular formula is C17H32ClN3. The van der Waals surface area contributed by atoms with E-state index in [9.17, 15) is 0 Å². The van der Waals surface area contributed by atoms with Gasteiger partial charge in [0.15, 0.2) is 0 Å². The molecule has 0 aromatic carbocycles. The Morgan fingerprint density at radius 3 is 2.43 bits per heavy atom. The predicted octanol–water partition coefficient (Wildman–Crippen LogP) is 4.47. The lowest BCUT2D eigenvalue weighted by Crippen LogP contribution is -2.33. The quantitative estimate of drug-likeness (QED) is 0.691. The summed E-state index contributed by atoms with van der Waals surface area (Å²) in [6.45, 7) is 13.0. The van der Waals surface area contributed by atoms with Gasteiger partial charge in [0.05, 0.1) is 16.4 Å². The lowest BCUT2D eigenvalue weighted by atomic mass is 9.99. The summed E-state index contributed by atoms with van der Waals surface area (Å²) in [4.78, 5) is 0. The summed E-state index contributed by atoms with van der Waals surface area (Å²) in [7, 11) is 0. The van der Waals surface area contributed by atoms with Gasteiger partial charge in [-0.25, -0.2) is 0 Å². The first-order chi connectivity index (χ1) is 10.0. The summed E-state index contributed by atoms with van der Waals surface area (Å²) < 4.78 is 2.08.